The lowest BCUT2D eigenvalue weighted by atomic mass is 10.2. The van der Waals surface area contributed by atoms with E-state index in [1.807, 2.05) is 16.7 Å². The van der Waals surface area contributed by atoms with Crippen LogP contribution in [0.4, 0.5) is 4.39 Å². The zero-order valence-electron chi connectivity index (χ0n) is 10.5. The highest BCUT2D eigenvalue weighted by Gasteiger charge is 2.09. The van der Waals surface area contributed by atoms with E-state index < -0.39 is 5.97 Å². The van der Waals surface area contributed by atoms with Crippen LogP contribution >= 0.6 is 0 Å². The van der Waals surface area contributed by atoms with Crippen LogP contribution in [0.1, 0.15) is 15.9 Å². The summed E-state index contributed by atoms with van der Waals surface area (Å²) < 4.78 is 14.7. The lowest BCUT2D eigenvalue weighted by Crippen LogP contribution is -2.21. The van der Waals surface area contributed by atoms with Crippen molar-refractivity contribution in [1.82, 2.24) is 4.57 Å². The van der Waals surface area contributed by atoms with Crippen molar-refractivity contribution in [3.8, 4) is 0 Å². The molecule has 0 spiro atoms. The average Bonchev–Trinajstić information content (AvgIpc) is 2.81. The molecule has 0 saturated carbocycles. The summed E-state index contributed by atoms with van der Waals surface area (Å²) in [5.41, 5.74) is 1.88. The van der Waals surface area contributed by atoms with E-state index in [2.05, 4.69) is 0 Å². The van der Waals surface area contributed by atoms with Gasteiger partial charge in [0.15, 0.2) is 0 Å². The third kappa shape index (κ3) is 2.16. The number of halogens is 1. The van der Waals surface area contributed by atoms with Crippen LogP contribution < -0.4 is 5.11 Å². The predicted molar refractivity (Wildman–Crippen MR) is 71.8 cm³/mol. The van der Waals surface area contributed by atoms with E-state index in [0.29, 0.717) is 11.9 Å². The maximum atomic E-state index is 12.9. The molecule has 1 heterocycles. The Morgan fingerprint density at radius 1 is 1.10 bits per heavy atom. The average molecular weight is 268 g/mol. The minimum atomic E-state index is -1.20. The molecule has 0 saturated heterocycles. The standard InChI is InChI=1S/C16H12FNO2/c17-12-7-5-11(6-8-12)9-18-10-14(16(19)20)13-3-1-2-4-15(13)18/h1-8,10H,9H2,(H,19,20)/p-1. The molecule has 0 N–H and O–H groups in total. The molecule has 0 unspecified atom stereocenters. The zero-order chi connectivity index (χ0) is 14.1. The fourth-order valence-corrected chi connectivity index (χ4v) is 2.33. The molecule has 3 aromatic rings. The molecule has 0 atom stereocenters. The number of hydrogen-bond donors (Lipinski definition) is 0. The third-order valence-corrected chi connectivity index (χ3v) is 3.27. The number of para-hydroxylation sites is 1. The van der Waals surface area contributed by atoms with E-state index in [1.54, 1.807) is 30.5 Å². The Kier molecular flexibility index (Phi) is 2.99. The lowest BCUT2D eigenvalue weighted by Gasteiger charge is -2.05. The predicted octanol–water partition coefficient (Wildman–Crippen LogP) is 2.19. The van der Waals surface area contributed by atoms with Crippen LogP contribution in [0.3, 0.4) is 0 Å². The van der Waals surface area contributed by atoms with Gasteiger partial charge in [0.1, 0.15) is 5.82 Å². The van der Waals surface area contributed by atoms with Crippen molar-refractivity contribution in [2.24, 2.45) is 0 Å². The topological polar surface area (TPSA) is 45.1 Å². The molecule has 4 heteroatoms. The fraction of sp³-hybridized carbons (Fsp3) is 0.0625. The van der Waals surface area contributed by atoms with Crippen molar-refractivity contribution in [1.29, 1.82) is 0 Å². The number of hydrogen-bond acceptors (Lipinski definition) is 2. The highest BCUT2D eigenvalue weighted by molar-refractivity contribution is 6.02. The normalized spacial score (nSPS) is 10.8. The van der Waals surface area contributed by atoms with Crippen LogP contribution in [-0.4, -0.2) is 10.5 Å². The Labute approximate surface area is 114 Å². The lowest BCUT2D eigenvalue weighted by molar-refractivity contribution is -0.254. The molecule has 0 amide bonds. The Balaban J connectivity index is 2.07. The summed E-state index contributed by atoms with van der Waals surface area (Å²) in [5.74, 6) is -1.49. The van der Waals surface area contributed by atoms with Crippen molar-refractivity contribution >= 4 is 16.9 Å². The van der Waals surface area contributed by atoms with Crippen LogP contribution in [-0.2, 0) is 6.54 Å². The van der Waals surface area contributed by atoms with Gasteiger partial charge in [-0.15, -0.1) is 0 Å². The molecule has 0 aliphatic heterocycles. The molecular weight excluding hydrogens is 257 g/mol. The molecule has 2 aromatic carbocycles. The Bertz CT molecular complexity index is 775. The molecule has 1 aromatic heterocycles. The molecule has 3 nitrogen and oxygen atoms in total. The number of carboxylic acids is 1. The maximum absolute atomic E-state index is 12.9. The van der Waals surface area contributed by atoms with Crippen molar-refractivity contribution < 1.29 is 14.3 Å². The van der Waals surface area contributed by atoms with Crippen molar-refractivity contribution in [3.05, 3.63) is 71.7 Å². The summed E-state index contributed by atoms with van der Waals surface area (Å²) in [6, 6.07) is 13.4. The molecule has 3 rings (SSSR count). The Hall–Kier alpha value is -2.62. The molecule has 0 aliphatic rings. The molecule has 0 aliphatic carbocycles. The Morgan fingerprint density at radius 2 is 1.80 bits per heavy atom. The minimum absolute atomic E-state index is 0.169. The summed E-state index contributed by atoms with van der Waals surface area (Å²) >= 11 is 0. The first-order valence-electron chi connectivity index (χ1n) is 6.19. The Morgan fingerprint density at radius 3 is 2.50 bits per heavy atom. The van der Waals surface area contributed by atoms with E-state index in [4.69, 9.17) is 0 Å². The maximum Gasteiger partial charge on any atom is 0.123 e. The smallest absolute Gasteiger partial charge is 0.123 e. The molecule has 0 radical (unpaired) electrons. The summed E-state index contributed by atoms with van der Waals surface area (Å²) in [6.07, 6.45) is 1.56. The first-order chi connectivity index (χ1) is 9.65. The van der Waals surface area contributed by atoms with Crippen LogP contribution in [0.15, 0.2) is 54.7 Å². The number of aromatic carboxylic acids is 1. The molecular formula is C16H11FNO2-. The van der Waals surface area contributed by atoms with Crippen LogP contribution in [0.5, 0.6) is 0 Å². The number of carbonyl (C=O) groups excluding carboxylic acids is 1. The van der Waals surface area contributed by atoms with Gasteiger partial charge in [-0.05, 0) is 23.8 Å². The fourth-order valence-electron chi connectivity index (χ4n) is 2.33. The van der Waals surface area contributed by atoms with Crippen LogP contribution in [0.25, 0.3) is 10.9 Å². The van der Waals surface area contributed by atoms with Gasteiger partial charge in [-0.2, -0.15) is 0 Å². The van der Waals surface area contributed by atoms with Gasteiger partial charge in [0.2, 0.25) is 0 Å². The molecule has 20 heavy (non-hydrogen) atoms. The van der Waals surface area contributed by atoms with Gasteiger partial charge in [0, 0.05) is 29.2 Å². The molecule has 0 bridgehead atoms. The number of carbonyl (C=O) groups is 1. The zero-order valence-corrected chi connectivity index (χ0v) is 10.5. The van der Waals surface area contributed by atoms with E-state index in [0.717, 1.165) is 11.1 Å². The number of carboxylic acid groups (broad SMARTS) is 1. The minimum Gasteiger partial charge on any atom is -0.545 e. The molecule has 100 valence electrons. The molecule has 0 fully saturated rings. The van der Waals surface area contributed by atoms with E-state index in [9.17, 15) is 14.3 Å². The SMILES string of the molecule is O=C([O-])c1cn(Cc2ccc(F)cc2)c2ccccc12. The van der Waals surface area contributed by atoms with Crippen molar-refractivity contribution in [2.75, 3.05) is 0 Å². The van der Waals surface area contributed by atoms with E-state index >= 15 is 0 Å². The van der Waals surface area contributed by atoms with Crippen molar-refractivity contribution in [2.45, 2.75) is 6.54 Å². The second kappa shape index (κ2) is 4.81. The van der Waals surface area contributed by atoms with Gasteiger partial charge in [-0.1, -0.05) is 30.3 Å². The second-order valence-electron chi connectivity index (χ2n) is 4.60. The largest absolute Gasteiger partial charge is 0.545 e. The van der Waals surface area contributed by atoms with Gasteiger partial charge < -0.3 is 14.5 Å². The quantitative estimate of drug-likeness (QED) is 0.731. The highest BCUT2D eigenvalue weighted by atomic mass is 19.1. The first-order valence-corrected chi connectivity index (χ1v) is 6.19. The van der Waals surface area contributed by atoms with Gasteiger partial charge >= 0.3 is 0 Å². The summed E-state index contributed by atoms with van der Waals surface area (Å²) in [5, 5.41) is 11.8. The first kappa shape index (κ1) is 12.4. The van der Waals surface area contributed by atoms with Gasteiger partial charge in [0.05, 0.1) is 5.97 Å². The van der Waals surface area contributed by atoms with E-state index in [1.165, 1.54) is 12.1 Å². The summed E-state index contributed by atoms with van der Waals surface area (Å²) in [4.78, 5) is 11.2. The van der Waals surface area contributed by atoms with Crippen LogP contribution in [0.2, 0.25) is 0 Å². The number of aromatic nitrogens is 1. The number of fused-ring (bicyclic) bond motifs is 1. The number of nitrogens with zero attached hydrogens (tertiary/aromatic N) is 1. The van der Waals surface area contributed by atoms with Gasteiger partial charge in [-0.3, -0.25) is 0 Å². The van der Waals surface area contributed by atoms with Crippen LogP contribution in [0, 0.1) is 5.82 Å². The van der Waals surface area contributed by atoms with Gasteiger partial charge in [-0.25, -0.2) is 4.39 Å². The monoisotopic (exact) mass is 268 g/mol. The van der Waals surface area contributed by atoms with Gasteiger partial charge in [0.25, 0.3) is 0 Å². The second-order valence-corrected chi connectivity index (χ2v) is 4.60. The van der Waals surface area contributed by atoms with E-state index in [-0.39, 0.29) is 11.4 Å². The van der Waals surface area contributed by atoms with Crippen molar-refractivity contribution in [3.63, 3.8) is 0 Å². The number of rotatable bonds is 3. The number of benzene rings is 2. The summed E-state index contributed by atoms with van der Waals surface area (Å²) in [6.45, 7) is 0.480. The third-order valence-electron chi connectivity index (χ3n) is 3.27. The highest BCUT2D eigenvalue weighted by Crippen LogP contribution is 2.22. The summed E-state index contributed by atoms with van der Waals surface area (Å²) in [7, 11) is 0.